The third kappa shape index (κ3) is 3.44. The molecule has 1 aliphatic rings. The fourth-order valence-corrected chi connectivity index (χ4v) is 2.40. The van der Waals surface area contributed by atoms with Gasteiger partial charge in [-0.3, -0.25) is 4.98 Å². The van der Waals surface area contributed by atoms with Crippen molar-refractivity contribution in [2.75, 3.05) is 7.11 Å². The summed E-state index contributed by atoms with van der Waals surface area (Å²) in [5.41, 5.74) is 0.865. The molecule has 0 aliphatic heterocycles. The molecule has 0 bridgehead atoms. The fraction of sp³-hybridized carbons (Fsp3) is 0.571. The van der Waals surface area contributed by atoms with Crippen molar-refractivity contribution < 1.29 is 19.4 Å². The molecule has 19 heavy (non-hydrogen) atoms. The molecule has 1 fully saturated rings. The van der Waals surface area contributed by atoms with Crippen LogP contribution in [-0.4, -0.2) is 35.4 Å². The first kappa shape index (κ1) is 13.8. The topological polar surface area (TPSA) is 68.7 Å². The molecule has 0 amide bonds. The van der Waals surface area contributed by atoms with Crippen molar-refractivity contribution in [1.29, 1.82) is 0 Å². The average molecular weight is 265 g/mol. The Hall–Kier alpha value is -1.62. The molecule has 0 radical (unpaired) electrons. The average Bonchev–Trinajstić information content (AvgIpc) is 2.38. The van der Waals surface area contributed by atoms with Crippen molar-refractivity contribution >= 4 is 5.97 Å². The number of methoxy groups -OCH3 is 1. The molecule has 2 rings (SSSR count). The van der Waals surface area contributed by atoms with Crippen LogP contribution in [0, 0.1) is 6.92 Å². The highest BCUT2D eigenvalue weighted by atomic mass is 16.5. The van der Waals surface area contributed by atoms with E-state index in [1.807, 2.05) is 6.92 Å². The van der Waals surface area contributed by atoms with Crippen molar-refractivity contribution in [3.05, 3.63) is 23.5 Å². The van der Waals surface area contributed by atoms with Gasteiger partial charge in [-0.15, -0.1) is 0 Å². The summed E-state index contributed by atoms with van der Waals surface area (Å²) in [4.78, 5) is 15.2. The SMILES string of the molecule is COC1CCCC(Oc2cc(C)ncc2C(=O)O)C1. The van der Waals surface area contributed by atoms with Gasteiger partial charge in [0.1, 0.15) is 17.4 Å². The lowest BCUT2D eigenvalue weighted by molar-refractivity contribution is 0.0204. The Morgan fingerprint density at radius 3 is 2.84 bits per heavy atom. The standard InChI is InChI=1S/C14H19NO4/c1-9-6-13(12(8-15-9)14(16)17)19-11-5-3-4-10(7-11)18-2/h6,8,10-11H,3-5,7H2,1-2H3,(H,16,17). The number of aromatic nitrogens is 1. The zero-order valence-corrected chi connectivity index (χ0v) is 11.3. The molecule has 2 unspecified atom stereocenters. The smallest absolute Gasteiger partial charge is 0.341 e. The predicted octanol–water partition coefficient (Wildman–Crippen LogP) is 2.42. The van der Waals surface area contributed by atoms with Crippen LogP contribution in [0.5, 0.6) is 5.75 Å². The van der Waals surface area contributed by atoms with Crippen LogP contribution in [0.25, 0.3) is 0 Å². The van der Waals surface area contributed by atoms with Crippen molar-refractivity contribution in [2.45, 2.75) is 44.8 Å². The minimum absolute atomic E-state index is 0.0126. The van der Waals surface area contributed by atoms with E-state index in [-0.39, 0.29) is 17.8 Å². The second-order valence-corrected chi connectivity index (χ2v) is 4.89. The summed E-state index contributed by atoms with van der Waals surface area (Å²) in [6, 6.07) is 1.68. The Morgan fingerprint density at radius 1 is 1.42 bits per heavy atom. The monoisotopic (exact) mass is 265 g/mol. The van der Waals surface area contributed by atoms with Gasteiger partial charge in [0, 0.05) is 31.5 Å². The van der Waals surface area contributed by atoms with Gasteiger partial charge in [0.25, 0.3) is 0 Å². The number of carboxylic acid groups (broad SMARTS) is 1. The molecule has 104 valence electrons. The van der Waals surface area contributed by atoms with Gasteiger partial charge in [-0.25, -0.2) is 4.79 Å². The van der Waals surface area contributed by atoms with Crippen LogP contribution in [0.3, 0.4) is 0 Å². The lowest BCUT2D eigenvalue weighted by Gasteiger charge is -2.29. The number of aryl methyl sites for hydroxylation is 1. The normalized spacial score (nSPS) is 23.1. The molecule has 1 heterocycles. The van der Waals surface area contributed by atoms with E-state index in [2.05, 4.69) is 4.98 Å². The van der Waals surface area contributed by atoms with Gasteiger partial charge in [-0.2, -0.15) is 0 Å². The molecular formula is C14H19NO4. The maximum absolute atomic E-state index is 11.2. The van der Waals surface area contributed by atoms with Crippen LogP contribution < -0.4 is 4.74 Å². The largest absolute Gasteiger partial charge is 0.489 e. The number of carbonyl (C=O) groups is 1. The zero-order chi connectivity index (χ0) is 13.8. The first-order chi connectivity index (χ1) is 9.10. The quantitative estimate of drug-likeness (QED) is 0.905. The van der Waals surface area contributed by atoms with Crippen LogP contribution in [-0.2, 0) is 4.74 Å². The summed E-state index contributed by atoms with van der Waals surface area (Å²) < 4.78 is 11.2. The van der Waals surface area contributed by atoms with Crippen LogP contribution in [0.1, 0.15) is 41.7 Å². The minimum Gasteiger partial charge on any atom is -0.489 e. The third-order valence-electron chi connectivity index (χ3n) is 3.44. The van der Waals surface area contributed by atoms with E-state index < -0.39 is 5.97 Å². The number of ether oxygens (including phenoxy) is 2. The van der Waals surface area contributed by atoms with E-state index in [9.17, 15) is 4.79 Å². The Bertz CT molecular complexity index is 461. The molecular weight excluding hydrogens is 246 g/mol. The Morgan fingerprint density at radius 2 is 2.16 bits per heavy atom. The number of rotatable bonds is 4. The van der Waals surface area contributed by atoms with Crippen LogP contribution >= 0.6 is 0 Å². The molecule has 2 atom stereocenters. The van der Waals surface area contributed by atoms with Gasteiger partial charge in [-0.05, 0) is 26.2 Å². The molecule has 1 aliphatic carbocycles. The maximum atomic E-state index is 11.2. The Balaban J connectivity index is 2.13. The van der Waals surface area contributed by atoms with Crippen LogP contribution in [0.2, 0.25) is 0 Å². The van der Waals surface area contributed by atoms with Gasteiger partial charge in [-0.1, -0.05) is 0 Å². The van der Waals surface area contributed by atoms with Gasteiger partial charge < -0.3 is 14.6 Å². The fourth-order valence-electron chi connectivity index (χ4n) is 2.40. The summed E-state index contributed by atoms with van der Waals surface area (Å²) in [6.07, 6.45) is 5.38. The number of carboxylic acids is 1. The number of nitrogens with zero attached hydrogens (tertiary/aromatic N) is 1. The molecule has 1 N–H and O–H groups in total. The first-order valence-electron chi connectivity index (χ1n) is 6.49. The summed E-state index contributed by atoms with van der Waals surface area (Å²) in [7, 11) is 1.70. The molecule has 0 spiro atoms. The maximum Gasteiger partial charge on any atom is 0.341 e. The number of aromatic carboxylic acids is 1. The molecule has 0 aromatic carbocycles. The molecule has 1 aromatic rings. The summed E-state index contributed by atoms with van der Waals surface area (Å²) in [5.74, 6) is -0.608. The minimum atomic E-state index is -1.01. The second kappa shape index (κ2) is 6.02. The van der Waals surface area contributed by atoms with Crippen LogP contribution in [0.4, 0.5) is 0 Å². The van der Waals surface area contributed by atoms with Crippen LogP contribution in [0.15, 0.2) is 12.3 Å². The molecule has 1 aromatic heterocycles. The number of hydrogen-bond donors (Lipinski definition) is 1. The highest BCUT2D eigenvalue weighted by Crippen LogP contribution is 2.27. The summed E-state index contributed by atoms with van der Waals surface area (Å²) in [6.45, 7) is 1.82. The summed E-state index contributed by atoms with van der Waals surface area (Å²) >= 11 is 0. The highest BCUT2D eigenvalue weighted by Gasteiger charge is 2.24. The van der Waals surface area contributed by atoms with Gasteiger partial charge in [0.2, 0.25) is 0 Å². The molecule has 0 saturated heterocycles. The van der Waals surface area contributed by atoms with Crippen molar-refractivity contribution in [2.24, 2.45) is 0 Å². The van der Waals surface area contributed by atoms with Gasteiger partial charge in [0.05, 0.1) is 6.10 Å². The van der Waals surface area contributed by atoms with E-state index in [0.717, 1.165) is 31.4 Å². The summed E-state index contributed by atoms with van der Waals surface area (Å²) in [5, 5.41) is 9.14. The van der Waals surface area contributed by atoms with E-state index in [0.29, 0.717) is 5.75 Å². The zero-order valence-electron chi connectivity index (χ0n) is 11.3. The predicted molar refractivity (Wildman–Crippen MR) is 69.6 cm³/mol. The number of hydrogen-bond acceptors (Lipinski definition) is 4. The first-order valence-corrected chi connectivity index (χ1v) is 6.49. The Labute approximate surface area is 112 Å². The van der Waals surface area contributed by atoms with Gasteiger partial charge in [0.15, 0.2) is 0 Å². The third-order valence-corrected chi connectivity index (χ3v) is 3.44. The van der Waals surface area contributed by atoms with E-state index in [1.165, 1.54) is 6.20 Å². The molecule has 1 saturated carbocycles. The van der Waals surface area contributed by atoms with Crippen molar-refractivity contribution in [3.8, 4) is 5.75 Å². The second-order valence-electron chi connectivity index (χ2n) is 4.89. The molecule has 5 heteroatoms. The van der Waals surface area contributed by atoms with E-state index in [4.69, 9.17) is 14.6 Å². The van der Waals surface area contributed by atoms with E-state index >= 15 is 0 Å². The van der Waals surface area contributed by atoms with Gasteiger partial charge >= 0.3 is 5.97 Å². The highest BCUT2D eigenvalue weighted by molar-refractivity contribution is 5.90. The lowest BCUT2D eigenvalue weighted by Crippen LogP contribution is -2.30. The van der Waals surface area contributed by atoms with Crippen molar-refractivity contribution in [3.63, 3.8) is 0 Å². The lowest BCUT2D eigenvalue weighted by atomic mass is 9.95. The Kier molecular flexibility index (Phi) is 4.37. The van der Waals surface area contributed by atoms with E-state index in [1.54, 1.807) is 13.2 Å². The molecule has 5 nitrogen and oxygen atoms in total. The van der Waals surface area contributed by atoms with Crippen molar-refractivity contribution in [1.82, 2.24) is 4.98 Å². The number of pyridine rings is 1.